The molecule has 2 saturated heterocycles. The summed E-state index contributed by atoms with van der Waals surface area (Å²) in [6.45, 7) is 1.52. The van der Waals surface area contributed by atoms with Crippen molar-refractivity contribution in [3.63, 3.8) is 0 Å². The quantitative estimate of drug-likeness (QED) is 0.802. The van der Waals surface area contributed by atoms with Crippen LogP contribution < -0.4 is 4.90 Å². The molecule has 1 aliphatic carbocycles. The number of rotatable bonds is 2. The largest absolute Gasteiger partial charge is 0.374 e. The molecule has 0 amide bonds. The highest BCUT2D eigenvalue weighted by Gasteiger charge is 2.59. The summed E-state index contributed by atoms with van der Waals surface area (Å²) in [7, 11) is 0. The standard InChI is InChI=1S/C12H13F2N3O/c13-12(14)4-9(12)11-15-2-1-10(16-11)17-5-8-3-7(17)6-18-8/h1-2,7-9H,3-6H2/t7-,8-,9?/m0/s1. The molecule has 96 valence electrons. The first-order chi connectivity index (χ1) is 8.63. The normalized spacial score (nSPS) is 36.1. The molecular formula is C12H13F2N3O. The zero-order chi connectivity index (χ0) is 12.3. The average Bonchev–Trinajstić information content (AvgIpc) is 2.77. The van der Waals surface area contributed by atoms with Gasteiger partial charge in [-0.05, 0) is 12.5 Å². The van der Waals surface area contributed by atoms with Gasteiger partial charge in [-0.3, -0.25) is 0 Å². The number of halogens is 2. The van der Waals surface area contributed by atoms with E-state index in [9.17, 15) is 8.78 Å². The van der Waals surface area contributed by atoms with Crippen LogP contribution in [-0.4, -0.2) is 41.2 Å². The molecule has 0 aromatic carbocycles. The van der Waals surface area contributed by atoms with Crippen LogP contribution in [0.5, 0.6) is 0 Å². The molecule has 1 aromatic heterocycles. The monoisotopic (exact) mass is 253 g/mol. The van der Waals surface area contributed by atoms with Crippen LogP contribution in [0.3, 0.4) is 0 Å². The number of morpholine rings is 1. The molecule has 4 rings (SSSR count). The Bertz CT molecular complexity index is 496. The van der Waals surface area contributed by atoms with Gasteiger partial charge >= 0.3 is 0 Å². The minimum absolute atomic E-state index is 0.119. The van der Waals surface area contributed by atoms with E-state index in [4.69, 9.17) is 4.74 Å². The molecule has 6 heteroatoms. The zero-order valence-electron chi connectivity index (χ0n) is 9.72. The Hall–Kier alpha value is -1.30. The molecule has 3 fully saturated rings. The molecule has 2 bridgehead atoms. The lowest BCUT2D eigenvalue weighted by atomic mass is 10.2. The highest BCUT2D eigenvalue weighted by molar-refractivity contribution is 5.43. The van der Waals surface area contributed by atoms with Crippen molar-refractivity contribution in [2.45, 2.75) is 36.8 Å². The lowest BCUT2D eigenvalue weighted by Crippen LogP contribution is -2.37. The van der Waals surface area contributed by atoms with Crippen molar-refractivity contribution in [1.82, 2.24) is 9.97 Å². The van der Waals surface area contributed by atoms with Gasteiger partial charge in [-0.15, -0.1) is 0 Å². The number of hydrogen-bond donors (Lipinski definition) is 0. The summed E-state index contributed by atoms with van der Waals surface area (Å²) in [6.07, 6.45) is 2.75. The lowest BCUT2D eigenvalue weighted by Gasteiger charge is -2.27. The lowest BCUT2D eigenvalue weighted by molar-refractivity contribution is 0.0987. The predicted octanol–water partition coefficient (Wildman–Crippen LogP) is 1.58. The molecule has 1 aromatic rings. The Morgan fingerprint density at radius 3 is 2.89 bits per heavy atom. The number of fused-ring (bicyclic) bond motifs is 2. The Balaban J connectivity index is 1.61. The molecule has 3 atom stereocenters. The maximum absolute atomic E-state index is 13.0. The van der Waals surface area contributed by atoms with Crippen LogP contribution in [-0.2, 0) is 4.74 Å². The van der Waals surface area contributed by atoms with Gasteiger partial charge in [0.2, 0.25) is 0 Å². The van der Waals surface area contributed by atoms with E-state index in [2.05, 4.69) is 14.9 Å². The molecule has 3 aliphatic rings. The van der Waals surface area contributed by atoms with Gasteiger partial charge in [-0.25, -0.2) is 18.7 Å². The second kappa shape index (κ2) is 3.38. The van der Waals surface area contributed by atoms with Gasteiger partial charge in [0.25, 0.3) is 5.92 Å². The molecule has 0 N–H and O–H groups in total. The number of ether oxygens (including phenoxy) is 1. The number of aromatic nitrogens is 2. The Morgan fingerprint density at radius 1 is 1.44 bits per heavy atom. The van der Waals surface area contributed by atoms with E-state index in [1.165, 1.54) is 0 Å². The second-order valence-electron chi connectivity index (χ2n) is 5.29. The van der Waals surface area contributed by atoms with E-state index < -0.39 is 11.8 Å². The van der Waals surface area contributed by atoms with Crippen LogP contribution in [0.2, 0.25) is 0 Å². The van der Waals surface area contributed by atoms with E-state index in [1.54, 1.807) is 12.3 Å². The molecule has 4 nitrogen and oxygen atoms in total. The first-order valence-electron chi connectivity index (χ1n) is 6.22. The summed E-state index contributed by atoms with van der Waals surface area (Å²) in [5.41, 5.74) is 0. The molecule has 2 aliphatic heterocycles. The van der Waals surface area contributed by atoms with Gasteiger partial charge < -0.3 is 9.64 Å². The summed E-state index contributed by atoms with van der Waals surface area (Å²) < 4.78 is 31.6. The Kier molecular flexibility index (Phi) is 1.99. The Labute approximate surface area is 103 Å². The molecule has 18 heavy (non-hydrogen) atoms. The smallest absolute Gasteiger partial charge is 0.259 e. The van der Waals surface area contributed by atoms with E-state index in [0.29, 0.717) is 12.6 Å². The van der Waals surface area contributed by atoms with Gasteiger partial charge in [0.15, 0.2) is 0 Å². The van der Waals surface area contributed by atoms with Crippen LogP contribution in [0.15, 0.2) is 12.3 Å². The van der Waals surface area contributed by atoms with Crippen molar-refractivity contribution in [3.8, 4) is 0 Å². The molecule has 0 radical (unpaired) electrons. The minimum Gasteiger partial charge on any atom is -0.374 e. The SMILES string of the molecule is FC1(F)CC1c1nccc(N2C[C@@H]3C[C@H]2CO3)n1. The molecule has 0 spiro atoms. The number of alkyl halides is 2. The Morgan fingerprint density at radius 2 is 2.28 bits per heavy atom. The van der Waals surface area contributed by atoms with Gasteiger partial charge in [0.1, 0.15) is 11.6 Å². The maximum atomic E-state index is 13.0. The number of nitrogens with zero attached hydrogens (tertiary/aromatic N) is 3. The summed E-state index contributed by atoms with van der Waals surface area (Å²) in [4.78, 5) is 10.4. The van der Waals surface area contributed by atoms with Crippen LogP contribution in [0.25, 0.3) is 0 Å². The van der Waals surface area contributed by atoms with E-state index in [0.717, 1.165) is 18.8 Å². The van der Waals surface area contributed by atoms with Crippen molar-refractivity contribution in [3.05, 3.63) is 18.1 Å². The van der Waals surface area contributed by atoms with Crippen LogP contribution in [0.4, 0.5) is 14.6 Å². The van der Waals surface area contributed by atoms with Crippen LogP contribution >= 0.6 is 0 Å². The predicted molar refractivity (Wildman–Crippen MR) is 59.8 cm³/mol. The van der Waals surface area contributed by atoms with E-state index >= 15 is 0 Å². The molecular weight excluding hydrogens is 240 g/mol. The molecule has 1 unspecified atom stereocenters. The molecule has 1 saturated carbocycles. The fourth-order valence-electron chi connectivity index (χ4n) is 2.87. The van der Waals surface area contributed by atoms with Crippen molar-refractivity contribution in [2.75, 3.05) is 18.1 Å². The van der Waals surface area contributed by atoms with Gasteiger partial charge in [0.05, 0.1) is 24.7 Å². The van der Waals surface area contributed by atoms with Gasteiger partial charge in [0, 0.05) is 19.2 Å². The fraction of sp³-hybridized carbons (Fsp3) is 0.667. The topological polar surface area (TPSA) is 38.2 Å². The average molecular weight is 253 g/mol. The van der Waals surface area contributed by atoms with Crippen molar-refractivity contribution in [2.24, 2.45) is 0 Å². The summed E-state index contributed by atoms with van der Waals surface area (Å²) in [5.74, 6) is -2.35. The third-order valence-electron chi connectivity index (χ3n) is 3.99. The molecule has 3 heterocycles. The summed E-state index contributed by atoms with van der Waals surface area (Å²) in [5, 5.41) is 0. The first kappa shape index (κ1) is 10.6. The number of hydrogen-bond acceptors (Lipinski definition) is 4. The summed E-state index contributed by atoms with van der Waals surface area (Å²) >= 11 is 0. The fourth-order valence-corrected chi connectivity index (χ4v) is 2.87. The first-order valence-corrected chi connectivity index (χ1v) is 6.22. The number of anilines is 1. The third kappa shape index (κ3) is 1.51. The van der Waals surface area contributed by atoms with E-state index in [-0.39, 0.29) is 18.3 Å². The maximum Gasteiger partial charge on any atom is 0.259 e. The van der Waals surface area contributed by atoms with Gasteiger partial charge in [-0.1, -0.05) is 0 Å². The zero-order valence-corrected chi connectivity index (χ0v) is 9.72. The van der Waals surface area contributed by atoms with Crippen molar-refractivity contribution in [1.29, 1.82) is 0 Å². The summed E-state index contributed by atoms with van der Waals surface area (Å²) in [6, 6.07) is 2.14. The highest BCUT2D eigenvalue weighted by Crippen LogP contribution is 2.54. The second-order valence-corrected chi connectivity index (χ2v) is 5.29. The van der Waals surface area contributed by atoms with Crippen molar-refractivity contribution >= 4 is 5.82 Å². The minimum atomic E-state index is -2.61. The van der Waals surface area contributed by atoms with Gasteiger partial charge in [-0.2, -0.15) is 0 Å². The van der Waals surface area contributed by atoms with Crippen LogP contribution in [0.1, 0.15) is 24.6 Å². The highest BCUT2D eigenvalue weighted by atomic mass is 19.3. The van der Waals surface area contributed by atoms with E-state index in [1.807, 2.05) is 0 Å². The third-order valence-corrected chi connectivity index (χ3v) is 3.99. The van der Waals surface area contributed by atoms with Crippen molar-refractivity contribution < 1.29 is 13.5 Å². The van der Waals surface area contributed by atoms with Crippen LogP contribution in [0, 0.1) is 0 Å².